The Labute approximate surface area is 159 Å². The highest BCUT2D eigenvalue weighted by Crippen LogP contribution is 2.36. The summed E-state index contributed by atoms with van der Waals surface area (Å²) in [5.41, 5.74) is 1.42. The van der Waals surface area contributed by atoms with Crippen molar-refractivity contribution in [2.45, 2.75) is 52.4 Å². The fraction of sp³-hybridized carbons (Fsp3) is 0.400. The Morgan fingerprint density at radius 2 is 1.69 bits per heavy atom. The minimum atomic E-state index is -0.614. The quantitative estimate of drug-likeness (QED) is 0.726. The zero-order valence-electron chi connectivity index (χ0n) is 15.7. The molecule has 3 rings (SSSR count). The van der Waals surface area contributed by atoms with Gasteiger partial charge < -0.3 is 14.0 Å². The number of ether oxygens (including phenoxy) is 1. The molecule has 1 saturated heterocycles. The van der Waals surface area contributed by atoms with Gasteiger partial charge >= 0.3 is 7.12 Å². The molecule has 0 radical (unpaired) electrons. The molecule has 1 heterocycles. The molecule has 1 aliphatic heterocycles. The molecule has 0 saturated carbocycles. The second-order valence-corrected chi connectivity index (χ2v) is 8.11. The molecule has 0 aromatic heterocycles. The number of benzene rings is 2. The van der Waals surface area contributed by atoms with E-state index in [0.29, 0.717) is 21.8 Å². The summed E-state index contributed by atoms with van der Waals surface area (Å²) in [6, 6.07) is 10.3. The molecule has 0 bridgehead atoms. The first kappa shape index (κ1) is 19.2. The van der Waals surface area contributed by atoms with E-state index in [1.807, 2.05) is 58.9 Å². The molecule has 0 spiro atoms. The van der Waals surface area contributed by atoms with Crippen LogP contribution in [0.1, 0.15) is 38.8 Å². The van der Waals surface area contributed by atoms with E-state index in [1.54, 1.807) is 0 Å². The van der Waals surface area contributed by atoms with Gasteiger partial charge in [-0.1, -0.05) is 23.7 Å². The van der Waals surface area contributed by atoms with Gasteiger partial charge in [-0.2, -0.15) is 0 Å². The molecule has 6 heteroatoms. The number of aryl methyl sites for hydroxylation is 1. The number of halogens is 2. The summed E-state index contributed by atoms with van der Waals surface area (Å²) in [7, 11) is -0.614. The van der Waals surface area contributed by atoms with Gasteiger partial charge in [0.15, 0.2) is 0 Å². The van der Waals surface area contributed by atoms with E-state index >= 15 is 0 Å². The van der Waals surface area contributed by atoms with Gasteiger partial charge in [0.1, 0.15) is 18.2 Å². The second-order valence-electron chi connectivity index (χ2n) is 7.70. The van der Waals surface area contributed by atoms with Gasteiger partial charge in [0.2, 0.25) is 0 Å². The molecule has 0 amide bonds. The largest absolute Gasteiger partial charge is 0.494 e. The van der Waals surface area contributed by atoms with Crippen LogP contribution < -0.4 is 10.2 Å². The van der Waals surface area contributed by atoms with Crippen LogP contribution in [-0.2, 0) is 15.9 Å². The topological polar surface area (TPSA) is 27.7 Å². The predicted molar refractivity (Wildman–Crippen MR) is 103 cm³/mol. The van der Waals surface area contributed by atoms with Crippen LogP contribution in [0, 0.1) is 12.7 Å². The maximum absolute atomic E-state index is 14.1. The smallest absolute Gasteiger partial charge is 0.487 e. The summed E-state index contributed by atoms with van der Waals surface area (Å²) < 4.78 is 31.9. The van der Waals surface area contributed by atoms with E-state index in [1.165, 1.54) is 12.1 Å². The standard InChI is InChI=1S/C20H23BClFO3/c1-13-6-7-18(17(22)8-13)24-12-14-9-15(11-16(23)10-14)21-25-19(2,3)20(4,5)26-21/h6-11H,12H2,1-5H3. The third kappa shape index (κ3) is 3.90. The van der Waals surface area contributed by atoms with Crippen molar-refractivity contribution >= 4 is 24.2 Å². The lowest BCUT2D eigenvalue weighted by atomic mass is 9.78. The monoisotopic (exact) mass is 376 g/mol. The first-order chi connectivity index (χ1) is 12.1. The molecular weight excluding hydrogens is 353 g/mol. The molecular formula is C20H23BClFO3. The molecule has 2 aromatic rings. The fourth-order valence-electron chi connectivity index (χ4n) is 2.76. The van der Waals surface area contributed by atoms with Gasteiger partial charge in [-0.15, -0.1) is 0 Å². The first-order valence-corrected chi connectivity index (χ1v) is 8.99. The van der Waals surface area contributed by atoms with E-state index in [2.05, 4.69) is 0 Å². The highest BCUT2D eigenvalue weighted by atomic mass is 35.5. The zero-order chi connectivity index (χ0) is 19.1. The van der Waals surface area contributed by atoms with Crippen LogP contribution in [0.15, 0.2) is 36.4 Å². The normalized spacial score (nSPS) is 18.2. The summed E-state index contributed by atoms with van der Waals surface area (Å²) in [5.74, 6) is 0.213. The number of hydrogen-bond acceptors (Lipinski definition) is 3. The van der Waals surface area contributed by atoms with Crippen LogP contribution in [0.25, 0.3) is 0 Å². The van der Waals surface area contributed by atoms with Gasteiger partial charge in [0, 0.05) is 0 Å². The Balaban J connectivity index is 1.78. The molecule has 0 atom stereocenters. The minimum absolute atomic E-state index is 0.201. The van der Waals surface area contributed by atoms with Crippen LogP contribution >= 0.6 is 11.6 Å². The lowest BCUT2D eigenvalue weighted by Gasteiger charge is -2.32. The first-order valence-electron chi connectivity index (χ1n) is 8.61. The zero-order valence-corrected chi connectivity index (χ0v) is 16.5. The summed E-state index contributed by atoms with van der Waals surface area (Å²) in [4.78, 5) is 0. The fourth-order valence-corrected chi connectivity index (χ4v) is 3.05. The van der Waals surface area contributed by atoms with E-state index in [-0.39, 0.29) is 12.4 Å². The van der Waals surface area contributed by atoms with Crippen molar-refractivity contribution in [2.24, 2.45) is 0 Å². The third-order valence-corrected chi connectivity index (χ3v) is 5.28. The Kier molecular flexibility index (Phi) is 5.08. The molecule has 26 heavy (non-hydrogen) atoms. The van der Waals surface area contributed by atoms with E-state index < -0.39 is 18.3 Å². The van der Waals surface area contributed by atoms with Gasteiger partial charge in [0.05, 0.1) is 16.2 Å². The molecule has 138 valence electrons. The summed E-state index contributed by atoms with van der Waals surface area (Å²) in [6.07, 6.45) is 0. The van der Waals surface area contributed by atoms with Crippen molar-refractivity contribution in [1.82, 2.24) is 0 Å². The Bertz CT molecular complexity index is 807. The Morgan fingerprint density at radius 1 is 1.04 bits per heavy atom. The predicted octanol–water partition coefficient (Wildman–Crippen LogP) is 4.67. The molecule has 0 N–H and O–H groups in total. The van der Waals surface area contributed by atoms with Crippen molar-refractivity contribution < 1.29 is 18.4 Å². The van der Waals surface area contributed by atoms with Crippen LogP contribution in [0.2, 0.25) is 5.02 Å². The number of rotatable bonds is 4. The maximum Gasteiger partial charge on any atom is 0.494 e. The molecule has 0 unspecified atom stereocenters. The van der Waals surface area contributed by atoms with Crippen molar-refractivity contribution in [2.75, 3.05) is 0 Å². The van der Waals surface area contributed by atoms with Crippen molar-refractivity contribution in [1.29, 1.82) is 0 Å². The van der Waals surface area contributed by atoms with Gasteiger partial charge in [-0.3, -0.25) is 0 Å². The van der Waals surface area contributed by atoms with Crippen LogP contribution in [0.5, 0.6) is 5.75 Å². The van der Waals surface area contributed by atoms with Crippen molar-refractivity contribution in [3.8, 4) is 5.75 Å². The van der Waals surface area contributed by atoms with E-state index in [4.69, 9.17) is 25.6 Å². The van der Waals surface area contributed by atoms with Crippen LogP contribution in [-0.4, -0.2) is 18.3 Å². The van der Waals surface area contributed by atoms with Crippen LogP contribution in [0.4, 0.5) is 4.39 Å². The summed E-state index contributed by atoms with van der Waals surface area (Å²) in [6.45, 7) is 10.0. The average Bonchev–Trinajstić information content (AvgIpc) is 2.74. The molecule has 1 fully saturated rings. The van der Waals surface area contributed by atoms with Crippen molar-refractivity contribution in [3.63, 3.8) is 0 Å². The van der Waals surface area contributed by atoms with Crippen LogP contribution in [0.3, 0.4) is 0 Å². The minimum Gasteiger partial charge on any atom is -0.487 e. The lowest BCUT2D eigenvalue weighted by Crippen LogP contribution is -2.41. The highest BCUT2D eigenvalue weighted by Gasteiger charge is 2.51. The van der Waals surface area contributed by atoms with E-state index in [9.17, 15) is 4.39 Å². The van der Waals surface area contributed by atoms with Crippen molar-refractivity contribution in [3.05, 3.63) is 58.4 Å². The van der Waals surface area contributed by atoms with Gasteiger partial charge in [-0.25, -0.2) is 4.39 Å². The Hall–Kier alpha value is -1.56. The maximum atomic E-state index is 14.1. The van der Waals surface area contributed by atoms with E-state index in [0.717, 1.165) is 5.56 Å². The third-order valence-electron chi connectivity index (χ3n) is 4.99. The van der Waals surface area contributed by atoms with Gasteiger partial charge in [-0.05, 0) is 75.5 Å². The molecule has 1 aliphatic rings. The Morgan fingerprint density at radius 3 is 2.31 bits per heavy atom. The summed E-state index contributed by atoms with van der Waals surface area (Å²) in [5, 5.41) is 0.535. The molecule has 0 aliphatic carbocycles. The lowest BCUT2D eigenvalue weighted by molar-refractivity contribution is 0.00578. The SMILES string of the molecule is Cc1ccc(OCc2cc(F)cc(B3OC(C)(C)C(C)(C)O3)c2)c(Cl)c1. The average molecular weight is 377 g/mol. The summed E-state index contributed by atoms with van der Waals surface area (Å²) >= 11 is 6.19. The molecule has 3 nitrogen and oxygen atoms in total. The second kappa shape index (κ2) is 6.88. The molecule has 2 aromatic carbocycles. The highest BCUT2D eigenvalue weighted by molar-refractivity contribution is 6.62. The van der Waals surface area contributed by atoms with Gasteiger partial charge in [0.25, 0.3) is 0 Å². The number of hydrogen-bond donors (Lipinski definition) is 0.